The highest BCUT2D eigenvalue weighted by atomic mass is 16.6. The molecule has 1 N–H and O–H groups in total. The number of rotatable bonds is 35. The van der Waals surface area contributed by atoms with Crippen molar-refractivity contribution in [3.05, 3.63) is 12.2 Å². The summed E-state index contributed by atoms with van der Waals surface area (Å²) in [6.07, 6.45) is 31.1. The van der Waals surface area contributed by atoms with Gasteiger partial charge in [0, 0.05) is 19.3 Å². The fraction of sp³-hybridized carbons (Fsp3) is 0.875. The second-order valence-electron chi connectivity index (χ2n) is 14.5. The minimum Gasteiger partial charge on any atom is -0.477 e. The number of hydrogen-bond donors (Lipinski definition) is 1. The highest BCUT2D eigenvalue weighted by Crippen LogP contribution is 2.14. The van der Waals surface area contributed by atoms with Gasteiger partial charge in [-0.2, -0.15) is 0 Å². The third kappa shape index (κ3) is 30.2. The number of allylic oxidation sites excluding steroid dienone is 2. The van der Waals surface area contributed by atoms with E-state index in [9.17, 15) is 19.5 Å². The maximum atomic E-state index is 12.6. The van der Waals surface area contributed by atoms with Gasteiger partial charge in [-0.3, -0.25) is 9.59 Å². The number of carboxylic acids is 1. The Labute approximate surface area is 295 Å². The molecule has 0 aromatic heterocycles. The Hall–Kier alpha value is -1.93. The van der Waals surface area contributed by atoms with Crippen molar-refractivity contribution in [3.63, 3.8) is 0 Å². The molecular formula is C40H76NO7+. The van der Waals surface area contributed by atoms with E-state index >= 15 is 0 Å². The summed E-state index contributed by atoms with van der Waals surface area (Å²) in [5.41, 5.74) is 0. The molecule has 48 heavy (non-hydrogen) atoms. The second kappa shape index (κ2) is 32.3. The molecule has 0 saturated heterocycles. The summed E-state index contributed by atoms with van der Waals surface area (Å²) in [5, 5.41) is 9.58. The molecule has 0 heterocycles. The standard InChI is InChI=1S/C40H75NO7/c1-6-8-10-12-14-16-18-19-20-21-23-25-27-29-31-39(43)48-36(34-46-33-32-37(40(44)45)41(3,4)5)35-47-38(42)30-28-26-24-22-17-15-13-11-9-7-2/h20-21,36-37H,6-19,22-35H2,1-5H3/p+1/b21-20+. The molecule has 2 unspecified atom stereocenters. The molecule has 0 saturated carbocycles. The van der Waals surface area contributed by atoms with Gasteiger partial charge in [0.05, 0.1) is 34.4 Å². The van der Waals surface area contributed by atoms with Crippen molar-refractivity contribution in [1.29, 1.82) is 0 Å². The number of nitrogens with zero attached hydrogens (tertiary/aromatic N) is 1. The molecule has 8 nitrogen and oxygen atoms in total. The molecule has 0 radical (unpaired) electrons. The number of ether oxygens (including phenoxy) is 3. The maximum absolute atomic E-state index is 12.6. The number of quaternary nitrogens is 1. The largest absolute Gasteiger partial charge is 0.477 e. The van der Waals surface area contributed by atoms with E-state index in [1.807, 2.05) is 21.1 Å². The van der Waals surface area contributed by atoms with E-state index in [2.05, 4.69) is 26.0 Å². The molecule has 8 heteroatoms. The molecule has 0 aliphatic heterocycles. The van der Waals surface area contributed by atoms with E-state index < -0.39 is 18.1 Å². The quantitative estimate of drug-likeness (QED) is 0.0307. The summed E-state index contributed by atoms with van der Waals surface area (Å²) in [7, 11) is 5.52. The van der Waals surface area contributed by atoms with Gasteiger partial charge >= 0.3 is 17.9 Å². The molecular weight excluding hydrogens is 606 g/mol. The third-order valence-corrected chi connectivity index (χ3v) is 8.91. The van der Waals surface area contributed by atoms with Crippen LogP contribution in [0.2, 0.25) is 0 Å². The van der Waals surface area contributed by atoms with Crippen LogP contribution >= 0.6 is 0 Å². The Morgan fingerprint density at radius 2 is 1.04 bits per heavy atom. The molecule has 0 aliphatic carbocycles. The van der Waals surface area contributed by atoms with E-state index in [1.54, 1.807) is 0 Å². The number of unbranched alkanes of at least 4 members (excludes halogenated alkanes) is 19. The minimum absolute atomic E-state index is 0.0520. The first-order valence-electron chi connectivity index (χ1n) is 19.7. The average Bonchev–Trinajstić information content (AvgIpc) is 3.03. The van der Waals surface area contributed by atoms with Crippen molar-refractivity contribution in [3.8, 4) is 0 Å². The number of hydrogen-bond acceptors (Lipinski definition) is 6. The van der Waals surface area contributed by atoms with Gasteiger partial charge in [-0.25, -0.2) is 4.79 Å². The lowest BCUT2D eigenvalue weighted by atomic mass is 10.1. The Morgan fingerprint density at radius 1 is 0.604 bits per heavy atom. The Morgan fingerprint density at radius 3 is 1.52 bits per heavy atom. The fourth-order valence-corrected chi connectivity index (χ4v) is 5.79. The molecule has 0 fully saturated rings. The highest BCUT2D eigenvalue weighted by molar-refractivity contribution is 5.72. The Balaban J connectivity index is 4.42. The predicted octanol–water partition coefficient (Wildman–Crippen LogP) is 9.97. The summed E-state index contributed by atoms with van der Waals surface area (Å²) >= 11 is 0. The van der Waals surface area contributed by atoms with Gasteiger partial charge in [-0.15, -0.1) is 0 Å². The predicted molar refractivity (Wildman–Crippen MR) is 197 cm³/mol. The number of carbonyl (C=O) groups excluding carboxylic acids is 2. The van der Waals surface area contributed by atoms with Crippen molar-refractivity contribution < 1.29 is 38.2 Å². The van der Waals surface area contributed by atoms with Crippen LogP contribution in [0.3, 0.4) is 0 Å². The van der Waals surface area contributed by atoms with Gasteiger partial charge in [-0.1, -0.05) is 129 Å². The number of esters is 2. The molecule has 0 aromatic carbocycles. The van der Waals surface area contributed by atoms with Crippen LogP contribution in [0.5, 0.6) is 0 Å². The number of likely N-dealkylation sites (N-methyl/N-ethyl adjacent to an activating group) is 1. The van der Waals surface area contributed by atoms with Gasteiger partial charge in [0.2, 0.25) is 0 Å². The first kappa shape index (κ1) is 46.1. The lowest BCUT2D eigenvalue weighted by Crippen LogP contribution is -2.50. The van der Waals surface area contributed by atoms with Crippen molar-refractivity contribution in [2.45, 2.75) is 187 Å². The van der Waals surface area contributed by atoms with Crippen LogP contribution in [0.4, 0.5) is 0 Å². The Bertz CT molecular complexity index is 808. The van der Waals surface area contributed by atoms with Gasteiger partial charge in [0.1, 0.15) is 6.61 Å². The first-order chi connectivity index (χ1) is 23.1. The van der Waals surface area contributed by atoms with E-state index in [0.717, 1.165) is 51.4 Å². The van der Waals surface area contributed by atoms with E-state index in [1.165, 1.54) is 89.9 Å². The van der Waals surface area contributed by atoms with E-state index in [0.29, 0.717) is 19.3 Å². The summed E-state index contributed by atoms with van der Waals surface area (Å²) in [6, 6.07) is -0.611. The van der Waals surface area contributed by atoms with Crippen LogP contribution in [0, 0.1) is 0 Å². The lowest BCUT2D eigenvalue weighted by Gasteiger charge is -2.31. The lowest BCUT2D eigenvalue weighted by molar-refractivity contribution is -0.887. The molecule has 0 spiro atoms. The van der Waals surface area contributed by atoms with Crippen molar-refractivity contribution >= 4 is 17.9 Å². The van der Waals surface area contributed by atoms with Crippen molar-refractivity contribution in [1.82, 2.24) is 0 Å². The molecule has 0 aromatic rings. The normalized spacial score (nSPS) is 13.1. The van der Waals surface area contributed by atoms with Gasteiger partial charge in [0.15, 0.2) is 12.1 Å². The van der Waals surface area contributed by atoms with Crippen LogP contribution in [-0.2, 0) is 28.6 Å². The molecule has 0 rings (SSSR count). The van der Waals surface area contributed by atoms with Crippen LogP contribution in [0.15, 0.2) is 12.2 Å². The topological polar surface area (TPSA) is 99.1 Å². The van der Waals surface area contributed by atoms with E-state index in [-0.39, 0.29) is 36.2 Å². The molecule has 0 aliphatic rings. The summed E-state index contributed by atoms with van der Waals surface area (Å²) in [4.78, 5) is 36.7. The monoisotopic (exact) mass is 683 g/mol. The highest BCUT2D eigenvalue weighted by Gasteiger charge is 2.31. The van der Waals surface area contributed by atoms with Crippen molar-refractivity contribution in [2.24, 2.45) is 0 Å². The van der Waals surface area contributed by atoms with Crippen molar-refractivity contribution in [2.75, 3.05) is 41.0 Å². The first-order valence-corrected chi connectivity index (χ1v) is 19.7. The smallest absolute Gasteiger partial charge is 0.362 e. The Kier molecular flexibility index (Phi) is 31.0. The fourth-order valence-electron chi connectivity index (χ4n) is 5.79. The zero-order chi connectivity index (χ0) is 35.7. The maximum Gasteiger partial charge on any atom is 0.362 e. The molecule has 282 valence electrons. The molecule has 0 bridgehead atoms. The third-order valence-electron chi connectivity index (χ3n) is 8.91. The minimum atomic E-state index is -0.876. The summed E-state index contributed by atoms with van der Waals surface area (Å²) in [5.74, 6) is -1.48. The average molecular weight is 683 g/mol. The second-order valence-corrected chi connectivity index (χ2v) is 14.5. The summed E-state index contributed by atoms with van der Waals surface area (Å²) < 4.78 is 17.2. The van der Waals surface area contributed by atoms with E-state index in [4.69, 9.17) is 14.2 Å². The number of aliphatic carboxylic acids is 1. The molecule has 2 atom stereocenters. The zero-order valence-corrected chi connectivity index (χ0v) is 32.0. The van der Waals surface area contributed by atoms with Gasteiger partial charge < -0.3 is 23.8 Å². The zero-order valence-electron chi connectivity index (χ0n) is 32.0. The summed E-state index contributed by atoms with van der Waals surface area (Å²) in [6.45, 7) is 4.70. The van der Waals surface area contributed by atoms with Crippen LogP contribution < -0.4 is 0 Å². The van der Waals surface area contributed by atoms with Crippen LogP contribution in [-0.4, -0.2) is 80.6 Å². The SMILES string of the molecule is CCCCCCCCC/C=C/CCCCCC(=O)OC(COCCC(C(=O)O)[N+](C)(C)C)COC(=O)CCCCCCCCCCCC. The van der Waals surface area contributed by atoms with Gasteiger partial charge in [0.25, 0.3) is 0 Å². The van der Waals surface area contributed by atoms with Gasteiger partial charge in [-0.05, 0) is 38.5 Å². The number of carbonyl (C=O) groups is 3. The number of carboxylic acid groups (broad SMARTS) is 1. The van der Waals surface area contributed by atoms with Crippen LogP contribution in [0.25, 0.3) is 0 Å². The van der Waals surface area contributed by atoms with Crippen LogP contribution in [0.1, 0.15) is 174 Å². The molecule has 0 amide bonds.